The number of rotatable bonds is 4. The van der Waals surface area contributed by atoms with E-state index in [1.165, 1.54) is 0 Å². The molecule has 1 aromatic rings. The second-order valence-electron chi connectivity index (χ2n) is 7.04. The highest BCUT2D eigenvalue weighted by Gasteiger charge is 2.30. The summed E-state index contributed by atoms with van der Waals surface area (Å²) in [7, 11) is 0. The normalized spacial score (nSPS) is 20.3. The van der Waals surface area contributed by atoms with E-state index in [-0.39, 0.29) is 18.2 Å². The fourth-order valence-corrected chi connectivity index (χ4v) is 2.88. The predicted octanol–water partition coefficient (Wildman–Crippen LogP) is 1.87. The Morgan fingerprint density at radius 1 is 1.39 bits per heavy atom. The number of nitrogen functional groups attached to an aromatic ring is 1. The molecule has 1 heterocycles. The van der Waals surface area contributed by atoms with E-state index in [0.717, 1.165) is 30.8 Å². The number of carbonyl (C=O) groups is 1. The summed E-state index contributed by atoms with van der Waals surface area (Å²) in [6, 6.07) is 8.05. The molecule has 1 amide bonds. The van der Waals surface area contributed by atoms with Crippen molar-refractivity contribution in [2.75, 3.05) is 25.4 Å². The van der Waals surface area contributed by atoms with Crippen molar-refractivity contribution in [3.63, 3.8) is 0 Å². The average molecular weight is 320 g/mol. The summed E-state index contributed by atoms with van der Waals surface area (Å²) in [6.45, 7) is 7.78. The molecule has 1 saturated heterocycles. The first kappa shape index (κ1) is 17.6. The first-order valence-corrected chi connectivity index (χ1v) is 8.07. The van der Waals surface area contributed by atoms with Gasteiger partial charge in [0.1, 0.15) is 5.60 Å². The molecule has 1 aliphatic heterocycles. The third-order valence-electron chi connectivity index (χ3n) is 3.93. The van der Waals surface area contributed by atoms with Gasteiger partial charge in [-0.2, -0.15) is 0 Å². The zero-order valence-corrected chi connectivity index (χ0v) is 14.2. The van der Waals surface area contributed by atoms with Gasteiger partial charge >= 0.3 is 6.09 Å². The summed E-state index contributed by atoms with van der Waals surface area (Å²) < 4.78 is 5.31. The maximum atomic E-state index is 11.9. The Kier molecular flexibility index (Phi) is 5.49. The smallest absolute Gasteiger partial charge is 0.407 e. The van der Waals surface area contributed by atoms with Crippen LogP contribution >= 0.6 is 0 Å². The van der Waals surface area contributed by atoms with Crippen molar-refractivity contribution in [1.82, 2.24) is 10.2 Å². The fourth-order valence-electron chi connectivity index (χ4n) is 2.88. The van der Waals surface area contributed by atoms with E-state index in [2.05, 4.69) is 10.2 Å². The fraction of sp³-hybridized carbons (Fsp3) is 0.588. The van der Waals surface area contributed by atoms with Crippen molar-refractivity contribution >= 4 is 11.8 Å². The van der Waals surface area contributed by atoms with E-state index in [9.17, 15) is 4.79 Å². The van der Waals surface area contributed by atoms with E-state index in [1.54, 1.807) is 0 Å². The molecule has 0 saturated carbocycles. The van der Waals surface area contributed by atoms with Gasteiger partial charge in [-0.25, -0.2) is 4.79 Å². The number of likely N-dealkylation sites (tertiary alicyclic amines) is 1. The van der Waals surface area contributed by atoms with Crippen LogP contribution in [0.5, 0.6) is 0 Å². The molecule has 5 N–H and O–H groups in total. The Hall–Kier alpha value is -1.79. The molecule has 6 nitrogen and oxygen atoms in total. The molecule has 0 spiro atoms. The minimum Gasteiger partial charge on any atom is -0.444 e. The first-order valence-electron chi connectivity index (χ1n) is 8.07. The number of carbonyl (C=O) groups excluding carboxylic acids is 1. The molecule has 0 aromatic heterocycles. The second-order valence-corrected chi connectivity index (χ2v) is 7.04. The highest BCUT2D eigenvalue weighted by atomic mass is 16.6. The van der Waals surface area contributed by atoms with Gasteiger partial charge in [-0.05, 0) is 44.9 Å². The molecule has 1 aromatic carbocycles. The third-order valence-corrected chi connectivity index (χ3v) is 3.93. The maximum absolute atomic E-state index is 11.9. The molecule has 1 aliphatic rings. The number of benzene rings is 1. The topological polar surface area (TPSA) is 93.6 Å². The lowest BCUT2D eigenvalue weighted by atomic mass is 10.1. The van der Waals surface area contributed by atoms with Crippen molar-refractivity contribution in [3.05, 3.63) is 29.8 Å². The predicted molar refractivity (Wildman–Crippen MR) is 92.0 cm³/mol. The summed E-state index contributed by atoms with van der Waals surface area (Å²) in [6.07, 6.45) is 0.534. The Balaban J connectivity index is 1.93. The number of nitrogens with two attached hydrogens (primary N) is 2. The number of ether oxygens (including phenoxy) is 1. The van der Waals surface area contributed by atoms with E-state index >= 15 is 0 Å². The van der Waals surface area contributed by atoms with E-state index in [4.69, 9.17) is 16.2 Å². The van der Waals surface area contributed by atoms with Crippen LogP contribution in [0, 0.1) is 0 Å². The minimum atomic E-state index is -0.480. The summed E-state index contributed by atoms with van der Waals surface area (Å²) in [5.41, 5.74) is 13.1. The Bertz CT molecular complexity index is 524. The molecule has 2 rings (SSSR count). The average Bonchev–Trinajstić information content (AvgIpc) is 2.87. The van der Waals surface area contributed by atoms with Crippen LogP contribution in [0.3, 0.4) is 0 Å². The number of nitrogens with one attached hydrogen (secondary N) is 1. The Morgan fingerprint density at radius 3 is 2.61 bits per heavy atom. The van der Waals surface area contributed by atoms with Gasteiger partial charge in [-0.15, -0.1) is 0 Å². The van der Waals surface area contributed by atoms with Crippen molar-refractivity contribution in [2.24, 2.45) is 5.73 Å². The monoisotopic (exact) mass is 320 g/mol. The minimum absolute atomic E-state index is 0.0904. The highest BCUT2D eigenvalue weighted by Crippen LogP contribution is 2.25. The number of nitrogens with zero attached hydrogens (tertiary/aromatic N) is 1. The molecule has 0 unspecified atom stereocenters. The quantitative estimate of drug-likeness (QED) is 0.736. The van der Waals surface area contributed by atoms with Gasteiger partial charge in [0.05, 0.1) is 0 Å². The van der Waals surface area contributed by atoms with Crippen molar-refractivity contribution in [2.45, 2.75) is 44.9 Å². The van der Waals surface area contributed by atoms with E-state index in [0.29, 0.717) is 6.54 Å². The zero-order valence-electron chi connectivity index (χ0n) is 14.2. The molecular weight excluding hydrogens is 292 g/mol. The first-order chi connectivity index (χ1) is 10.8. The second kappa shape index (κ2) is 7.19. The van der Waals surface area contributed by atoms with Crippen molar-refractivity contribution in [1.29, 1.82) is 0 Å². The van der Waals surface area contributed by atoms with Gasteiger partial charge in [0.15, 0.2) is 0 Å². The van der Waals surface area contributed by atoms with E-state index < -0.39 is 5.60 Å². The van der Waals surface area contributed by atoms with Gasteiger partial charge in [-0.3, -0.25) is 4.90 Å². The number of hydrogen-bond donors (Lipinski definition) is 3. The third kappa shape index (κ3) is 5.11. The lowest BCUT2D eigenvalue weighted by Gasteiger charge is -2.27. The molecule has 0 aliphatic carbocycles. The summed E-state index contributed by atoms with van der Waals surface area (Å²) >= 11 is 0. The number of amides is 1. The van der Waals surface area contributed by atoms with Crippen molar-refractivity contribution in [3.8, 4) is 0 Å². The van der Waals surface area contributed by atoms with Gasteiger partial charge in [-0.1, -0.05) is 12.1 Å². The van der Waals surface area contributed by atoms with Crippen LogP contribution in [0.15, 0.2) is 24.3 Å². The number of alkyl carbamates (subject to hydrolysis) is 1. The number of anilines is 1. The number of hydrogen-bond acceptors (Lipinski definition) is 5. The van der Waals surface area contributed by atoms with Crippen molar-refractivity contribution < 1.29 is 9.53 Å². The molecule has 128 valence electrons. The highest BCUT2D eigenvalue weighted by molar-refractivity contribution is 5.68. The lowest BCUT2D eigenvalue weighted by molar-refractivity contribution is 0.0504. The molecule has 2 atom stereocenters. The van der Waals surface area contributed by atoms with Crippen LogP contribution < -0.4 is 16.8 Å². The van der Waals surface area contributed by atoms with Crippen LogP contribution in [0.1, 0.15) is 38.8 Å². The van der Waals surface area contributed by atoms with Crippen LogP contribution in [0.4, 0.5) is 10.5 Å². The molecule has 0 bridgehead atoms. The molecule has 23 heavy (non-hydrogen) atoms. The Labute approximate surface area is 138 Å². The molecular formula is C17H28N4O2. The maximum Gasteiger partial charge on any atom is 0.407 e. The van der Waals surface area contributed by atoms with Gasteiger partial charge < -0.3 is 21.5 Å². The lowest BCUT2D eigenvalue weighted by Crippen LogP contribution is -2.41. The van der Waals surface area contributed by atoms with Crippen LogP contribution in [-0.4, -0.2) is 42.3 Å². The molecule has 6 heteroatoms. The van der Waals surface area contributed by atoms with Crippen LogP contribution in [-0.2, 0) is 4.74 Å². The van der Waals surface area contributed by atoms with Gasteiger partial charge in [0.25, 0.3) is 0 Å². The molecule has 1 fully saturated rings. The van der Waals surface area contributed by atoms with Crippen LogP contribution in [0.2, 0.25) is 0 Å². The summed E-state index contributed by atoms with van der Waals surface area (Å²) in [5, 5.41) is 2.94. The Morgan fingerprint density at radius 2 is 2.04 bits per heavy atom. The van der Waals surface area contributed by atoms with E-state index in [1.807, 2.05) is 45.0 Å². The van der Waals surface area contributed by atoms with Gasteiger partial charge in [0.2, 0.25) is 0 Å². The van der Waals surface area contributed by atoms with Crippen LogP contribution in [0.25, 0.3) is 0 Å². The zero-order chi connectivity index (χ0) is 17.0. The largest absolute Gasteiger partial charge is 0.444 e. The summed E-state index contributed by atoms with van der Waals surface area (Å²) in [5.74, 6) is 0. The SMILES string of the molecule is CC(C)(C)OC(=O)N[C@@H]1CCN([C@@H](CN)c2ccc(N)cc2)C1. The standard InChI is InChI=1S/C17H28N4O2/c1-17(2,3)23-16(22)20-14-8-9-21(11-14)15(10-18)12-4-6-13(19)7-5-12/h4-7,14-15H,8-11,18-19H2,1-3H3,(H,20,22)/t14-,15+/m1/s1. The molecule has 0 radical (unpaired) electrons. The van der Waals surface area contributed by atoms with Gasteiger partial charge in [0, 0.05) is 37.4 Å². The summed E-state index contributed by atoms with van der Waals surface area (Å²) in [4.78, 5) is 14.2.